The molecular formula is C14H19N3O2. The highest BCUT2D eigenvalue weighted by atomic mass is 16.5. The highest BCUT2D eigenvalue weighted by Gasteiger charge is 2.02. The number of hydrogen-bond acceptors (Lipinski definition) is 4. The average molecular weight is 261 g/mol. The number of nitrogens with one attached hydrogen (secondary N) is 1. The first-order valence-corrected chi connectivity index (χ1v) is 6.24. The quantitative estimate of drug-likeness (QED) is 0.777. The molecule has 0 spiro atoms. The Bertz CT molecular complexity index is 537. The summed E-state index contributed by atoms with van der Waals surface area (Å²) in [5, 5.41) is 17.2. The van der Waals surface area contributed by atoms with Crippen LogP contribution in [0.3, 0.4) is 0 Å². The van der Waals surface area contributed by atoms with E-state index in [1.165, 1.54) is 5.56 Å². The van der Waals surface area contributed by atoms with E-state index < -0.39 is 0 Å². The molecule has 1 aromatic heterocycles. The van der Waals surface area contributed by atoms with Gasteiger partial charge < -0.3 is 15.2 Å². The van der Waals surface area contributed by atoms with E-state index in [2.05, 4.69) is 10.4 Å². The molecule has 2 rings (SSSR count). The van der Waals surface area contributed by atoms with Gasteiger partial charge in [-0.05, 0) is 30.2 Å². The summed E-state index contributed by atoms with van der Waals surface area (Å²) in [4.78, 5) is 0. The molecule has 0 radical (unpaired) electrons. The molecule has 19 heavy (non-hydrogen) atoms. The number of ether oxygens (including phenoxy) is 1. The van der Waals surface area contributed by atoms with Gasteiger partial charge in [0.1, 0.15) is 0 Å². The normalized spacial score (nSPS) is 10.6. The number of methoxy groups -OCH3 is 1. The Morgan fingerprint density at radius 2 is 2.26 bits per heavy atom. The van der Waals surface area contributed by atoms with Crippen LogP contribution in [-0.4, -0.2) is 28.5 Å². The van der Waals surface area contributed by atoms with Gasteiger partial charge in [0.25, 0.3) is 0 Å². The first kappa shape index (κ1) is 13.4. The molecule has 1 heterocycles. The number of aryl methyl sites for hydroxylation is 1. The van der Waals surface area contributed by atoms with E-state index in [0.717, 1.165) is 18.7 Å². The number of nitrogens with zero attached hydrogens (tertiary/aromatic N) is 2. The molecule has 102 valence electrons. The molecule has 5 nitrogen and oxygen atoms in total. The minimum absolute atomic E-state index is 0.171. The zero-order valence-corrected chi connectivity index (χ0v) is 11.3. The molecule has 0 saturated heterocycles. The number of aromatic nitrogens is 2. The van der Waals surface area contributed by atoms with Crippen molar-refractivity contribution in [2.24, 2.45) is 0 Å². The predicted octanol–water partition coefficient (Wildman–Crippen LogP) is 1.70. The highest BCUT2D eigenvalue weighted by molar-refractivity contribution is 5.41. The summed E-state index contributed by atoms with van der Waals surface area (Å²) >= 11 is 0. The predicted molar refractivity (Wildman–Crippen MR) is 73.3 cm³/mol. The Labute approximate surface area is 112 Å². The van der Waals surface area contributed by atoms with Crippen molar-refractivity contribution < 1.29 is 9.84 Å². The Morgan fingerprint density at radius 3 is 2.89 bits per heavy atom. The fraction of sp³-hybridized carbons (Fsp3) is 0.357. The molecule has 0 saturated carbocycles. The summed E-state index contributed by atoms with van der Waals surface area (Å²) in [5.74, 6) is 0.667. The molecule has 0 bridgehead atoms. The molecule has 0 unspecified atom stereocenters. The van der Waals surface area contributed by atoms with Crippen LogP contribution in [0.15, 0.2) is 30.6 Å². The van der Waals surface area contributed by atoms with Gasteiger partial charge in [0, 0.05) is 19.3 Å². The maximum absolute atomic E-state index is 9.66. The lowest BCUT2D eigenvalue weighted by molar-refractivity contribution is 0.373. The van der Waals surface area contributed by atoms with E-state index >= 15 is 0 Å². The molecule has 2 N–H and O–H groups in total. The van der Waals surface area contributed by atoms with Crippen LogP contribution in [0.1, 0.15) is 11.1 Å². The van der Waals surface area contributed by atoms with Crippen LogP contribution in [0, 0.1) is 6.92 Å². The van der Waals surface area contributed by atoms with E-state index in [1.54, 1.807) is 19.2 Å². The number of phenolic OH excluding ortho intramolecular Hbond substituents is 1. The molecule has 1 aromatic carbocycles. The van der Waals surface area contributed by atoms with Gasteiger partial charge in [-0.15, -0.1) is 0 Å². The third-order valence-corrected chi connectivity index (χ3v) is 2.85. The van der Waals surface area contributed by atoms with Gasteiger partial charge >= 0.3 is 0 Å². The Hall–Kier alpha value is -2.01. The van der Waals surface area contributed by atoms with Crippen LogP contribution < -0.4 is 10.1 Å². The van der Waals surface area contributed by atoms with Crippen molar-refractivity contribution in [3.8, 4) is 11.5 Å². The highest BCUT2D eigenvalue weighted by Crippen LogP contribution is 2.25. The van der Waals surface area contributed by atoms with Gasteiger partial charge in [0.05, 0.1) is 19.9 Å². The summed E-state index contributed by atoms with van der Waals surface area (Å²) in [6, 6.07) is 5.41. The van der Waals surface area contributed by atoms with Gasteiger partial charge in [0.15, 0.2) is 11.5 Å². The van der Waals surface area contributed by atoms with Crippen LogP contribution in [-0.2, 0) is 13.1 Å². The molecule has 0 amide bonds. The van der Waals surface area contributed by atoms with E-state index in [1.807, 2.05) is 30.1 Å². The Kier molecular flexibility index (Phi) is 4.41. The van der Waals surface area contributed by atoms with Crippen molar-refractivity contribution in [2.45, 2.75) is 20.0 Å². The molecule has 2 aromatic rings. The summed E-state index contributed by atoms with van der Waals surface area (Å²) in [5.41, 5.74) is 2.19. The number of phenols is 1. The molecule has 5 heteroatoms. The van der Waals surface area contributed by atoms with Gasteiger partial charge in [-0.3, -0.25) is 4.68 Å². The summed E-state index contributed by atoms with van der Waals surface area (Å²) < 4.78 is 6.91. The molecule has 0 aliphatic rings. The SMILES string of the molecule is COc1ccc(CNCCn2cc(C)cn2)cc1O. The van der Waals surface area contributed by atoms with Crippen molar-refractivity contribution in [1.29, 1.82) is 0 Å². The smallest absolute Gasteiger partial charge is 0.160 e. The Morgan fingerprint density at radius 1 is 1.42 bits per heavy atom. The van der Waals surface area contributed by atoms with Crippen molar-refractivity contribution in [3.63, 3.8) is 0 Å². The summed E-state index contributed by atoms with van der Waals surface area (Å²) in [6.07, 6.45) is 3.86. The van der Waals surface area contributed by atoms with Gasteiger partial charge in [-0.2, -0.15) is 5.10 Å². The lowest BCUT2D eigenvalue weighted by Gasteiger charge is -2.08. The standard InChI is InChI=1S/C14H19N3O2/c1-11-8-16-17(10-11)6-5-15-9-12-3-4-14(19-2)13(18)7-12/h3-4,7-8,10,15,18H,5-6,9H2,1-2H3. The second kappa shape index (κ2) is 6.24. The topological polar surface area (TPSA) is 59.3 Å². The maximum Gasteiger partial charge on any atom is 0.160 e. The van der Waals surface area contributed by atoms with E-state index in [4.69, 9.17) is 4.74 Å². The molecule has 0 aliphatic heterocycles. The number of rotatable bonds is 6. The van der Waals surface area contributed by atoms with Crippen LogP contribution >= 0.6 is 0 Å². The third kappa shape index (κ3) is 3.72. The van der Waals surface area contributed by atoms with Crippen LogP contribution in [0.2, 0.25) is 0 Å². The fourth-order valence-corrected chi connectivity index (χ4v) is 1.86. The molecular weight excluding hydrogens is 242 g/mol. The van der Waals surface area contributed by atoms with E-state index in [-0.39, 0.29) is 5.75 Å². The summed E-state index contributed by atoms with van der Waals surface area (Å²) in [6.45, 7) is 4.39. The second-order valence-electron chi connectivity index (χ2n) is 4.46. The fourth-order valence-electron chi connectivity index (χ4n) is 1.86. The van der Waals surface area contributed by atoms with Crippen LogP contribution in [0.25, 0.3) is 0 Å². The number of benzene rings is 1. The minimum Gasteiger partial charge on any atom is -0.504 e. The van der Waals surface area contributed by atoms with Crippen LogP contribution in [0.5, 0.6) is 11.5 Å². The molecule has 0 atom stereocenters. The van der Waals surface area contributed by atoms with E-state index in [0.29, 0.717) is 12.3 Å². The minimum atomic E-state index is 0.171. The lowest BCUT2D eigenvalue weighted by Crippen LogP contribution is -2.19. The first-order valence-electron chi connectivity index (χ1n) is 6.24. The van der Waals surface area contributed by atoms with Gasteiger partial charge in [-0.25, -0.2) is 0 Å². The lowest BCUT2D eigenvalue weighted by atomic mass is 10.2. The molecule has 0 aliphatic carbocycles. The third-order valence-electron chi connectivity index (χ3n) is 2.85. The monoisotopic (exact) mass is 261 g/mol. The van der Waals surface area contributed by atoms with Crippen molar-refractivity contribution in [1.82, 2.24) is 15.1 Å². The van der Waals surface area contributed by atoms with Crippen molar-refractivity contribution in [2.75, 3.05) is 13.7 Å². The number of aromatic hydroxyl groups is 1. The zero-order chi connectivity index (χ0) is 13.7. The Balaban J connectivity index is 1.78. The maximum atomic E-state index is 9.66. The second-order valence-corrected chi connectivity index (χ2v) is 4.46. The summed E-state index contributed by atoms with van der Waals surface area (Å²) in [7, 11) is 1.54. The molecule has 0 fully saturated rings. The van der Waals surface area contributed by atoms with Crippen molar-refractivity contribution in [3.05, 3.63) is 41.7 Å². The first-order chi connectivity index (χ1) is 9.19. The van der Waals surface area contributed by atoms with E-state index in [9.17, 15) is 5.11 Å². The van der Waals surface area contributed by atoms with Crippen molar-refractivity contribution >= 4 is 0 Å². The average Bonchev–Trinajstić information content (AvgIpc) is 2.81. The van der Waals surface area contributed by atoms with Gasteiger partial charge in [-0.1, -0.05) is 6.07 Å². The van der Waals surface area contributed by atoms with Crippen LogP contribution in [0.4, 0.5) is 0 Å². The number of hydrogen-bond donors (Lipinski definition) is 2. The zero-order valence-electron chi connectivity index (χ0n) is 11.3. The van der Waals surface area contributed by atoms with Gasteiger partial charge in [0.2, 0.25) is 0 Å². The largest absolute Gasteiger partial charge is 0.504 e.